The summed E-state index contributed by atoms with van der Waals surface area (Å²) >= 11 is 0. The Balaban J connectivity index is 1.52. The van der Waals surface area contributed by atoms with Gasteiger partial charge in [-0.05, 0) is 60.4 Å². The number of carbonyl (C=O) groups excluding carboxylic acids is 1. The van der Waals surface area contributed by atoms with Gasteiger partial charge in [0, 0.05) is 55.2 Å². The molecule has 8 nitrogen and oxygen atoms in total. The number of fused-ring (bicyclic) bond motifs is 2. The Morgan fingerprint density at radius 2 is 1.88 bits per heavy atom. The van der Waals surface area contributed by atoms with Gasteiger partial charge in [-0.1, -0.05) is 6.07 Å². The van der Waals surface area contributed by atoms with Gasteiger partial charge in [0.1, 0.15) is 11.6 Å². The molecule has 0 radical (unpaired) electrons. The number of hydrogen-bond acceptors (Lipinski definition) is 5. The molecule has 0 aliphatic carbocycles. The van der Waals surface area contributed by atoms with Crippen LogP contribution in [-0.4, -0.2) is 43.9 Å². The summed E-state index contributed by atoms with van der Waals surface area (Å²) in [7, 11) is 3.01. The van der Waals surface area contributed by atoms with Gasteiger partial charge < -0.3 is 14.2 Å². The summed E-state index contributed by atoms with van der Waals surface area (Å²) in [6.45, 7) is 2.48. The summed E-state index contributed by atoms with van der Waals surface area (Å²) in [4.78, 5) is 24.5. The number of rotatable bonds is 5. The van der Waals surface area contributed by atoms with Gasteiger partial charge in [-0.15, -0.1) is 0 Å². The summed E-state index contributed by atoms with van der Waals surface area (Å²) in [5.74, 6) is 1.02. The number of amides is 1. The lowest BCUT2D eigenvalue weighted by Crippen LogP contribution is -2.38. The van der Waals surface area contributed by atoms with E-state index in [1.165, 1.54) is 13.2 Å². The van der Waals surface area contributed by atoms with Crippen molar-refractivity contribution in [2.24, 2.45) is 7.05 Å². The number of carbonyl (C=O) groups is 1. The number of aryl methyl sites for hydroxylation is 2. The summed E-state index contributed by atoms with van der Waals surface area (Å²) in [5.41, 5.74) is 2.32. The van der Waals surface area contributed by atoms with Crippen molar-refractivity contribution in [2.75, 3.05) is 18.6 Å². The van der Waals surface area contributed by atoms with Crippen molar-refractivity contribution in [3.05, 3.63) is 89.4 Å². The summed E-state index contributed by atoms with van der Waals surface area (Å²) in [5, 5.41) is 4.47. The third-order valence-electron chi connectivity index (χ3n) is 7.24. The van der Waals surface area contributed by atoms with Crippen LogP contribution in [0.4, 0.5) is 18.9 Å². The fraction of sp³-hybridized carbons (Fsp3) is 0.241. The fourth-order valence-electron chi connectivity index (χ4n) is 5.35. The van der Waals surface area contributed by atoms with Crippen LogP contribution in [0, 0.1) is 6.92 Å². The molecule has 0 N–H and O–H groups in total. The highest BCUT2D eigenvalue weighted by molar-refractivity contribution is 6.13. The smallest absolute Gasteiger partial charge is 0.435 e. The average Bonchev–Trinajstić information content (AvgIpc) is 3.53. The van der Waals surface area contributed by atoms with Gasteiger partial charge in [-0.25, -0.2) is 4.98 Å². The first-order chi connectivity index (χ1) is 19.1. The molecule has 3 aromatic heterocycles. The van der Waals surface area contributed by atoms with Crippen LogP contribution in [0.25, 0.3) is 22.0 Å². The average molecular weight is 547 g/mol. The number of nitrogens with zero attached hydrogens (tertiary/aromatic N) is 6. The maximum atomic E-state index is 14.1. The van der Waals surface area contributed by atoms with E-state index in [-0.39, 0.29) is 18.0 Å². The van der Waals surface area contributed by atoms with Gasteiger partial charge >= 0.3 is 6.18 Å². The fourth-order valence-corrected chi connectivity index (χ4v) is 5.35. The first-order valence-corrected chi connectivity index (χ1v) is 12.6. The van der Waals surface area contributed by atoms with Gasteiger partial charge in [-0.3, -0.25) is 14.5 Å². The number of anilines is 1. The third kappa shape index (κ3) is 4.37. The molecule has 0 saturated carbocycles. The van der Waals surface area contributed by atoms with Crippen LogP contribution in [0.3, 0.4) is 0 Å². The highest BCUT2D eigenvalue weighted by atomic mass is 19.4. The number of benzene rings is 2. The molecule has 2 aromatic carbocycles. The molecule has 0 atom stereocenters. The number of halogens is 3. The van der Waals surface area contributed by atoms with Crippen LogP contribution in [-0.2, 0) is 26.2 Å². The van der Waals surface area contributed by atoms with Crippen molar-refractivity contribution in [3.63, 3.8) is 0 Å². The Hall–Kier alpha value is -4.67. The molecular weight excluding hydrogens is 521 g/mol. The van der Waals surface area contributed by atoms with E-state index in [1.807, 2.05) is 35.8 Å². The molecule has 5 aromatic rings. The molecule has 1 amide bonds. The predicted molar refractivity (Wildman–Crippen MR) is 143 cm³/mol. The Kier molecular flexibility index (Phi) is 6.09. The lowest BCUT2D eigenvalue weighted by Gasteiger charge is -2.31. The second kappa shape index (κ2) is 9.51. The lowest BCUT2D eigenvalue weighted by atomic mass is 9.87. The summed E-state index contributed by atoms with van der Waals surface area (Å²) in [6, 6.07) is 10.9. The quantitative estimate of drug-likeness (QED) is 0.294. The minimum atomic E-state index is -4.65. The van der Waals surface area contributed by atoms with Gasteiger partial charge in [0.25, 0.3) is 5.91 Å². The van der Waals surface area contributed by atoms with Crippen molar-refractivity contribution >= 4 is 22.5 Å². The highest BCUT2D eigenvalue weighted by Gasteiger charge is 2.39. The minimum absolute atomic E-state index is 0.0456. The molecule has 0 spiro atoms. The predicted octanol–water partition coefficient (Wildman–Crippen LogP) is 5.42. The second-order valence-electron chi connectivity index (χ2n) is 9.76. The van der Waals surface area contributed by atoms with E-state index in [0.717, 1.165) is 15.9 Å². The third-order valence-corrected chi connectivity index (χ3v) is 7.24. The van der Waals surface area contributed by atoms with E-state index in [9.17, 15) is 18.0 Å². The monoisotopic (exact) mass is 546 g/mol. The SMILES string of the molecule is COc1cnc2cccc(N3CCc4c(cc(Cn5ccnc5C)cc4-c4cn(C)nc4C(F)(F)F)C3=O)c2c1. The van der Waals surface area contributed by atoms with Crippen molar-refractivity contribution in [1.29, 1.82) is 0 Å². The first-order valence-electron chi connectivity index (χ1n) is 12.6. The van der Waals surface area contributed by atoms with Crippen molar-refractivity contribution in [2.45, 2.75) is 26.1 Å². The number of pyridine rings is 1. The Morgan fingerprint density at radius 3 is 2.60 bits per heavy atom. The molecule has 204 valence electrons. The first kappa shape index (κ1) is 25.6. The number of aromatic nitrogens is 5. The maximum Gasteiger partial charge on any atom is 0.435 e. The Morgan fingerprint density at radius 1 is 1.07 bits per heavy atom. The minimum Gasteiger partial charge on any atom is -0.495 e. The number of ether oxygens (including phenoxy) is 1. The maximum absolute atomic E-state index is 14.1. The van der Waals surface area contributed by atoms with Gasteiger partial charge in [0.2, 0.25) is 0 Å². The van der Waals surface area contributed by atoms with Crippen LogP contribution in [0.1, 0.15) is 33.0 Å². The van der Waals surface area contributed by atoms with E-state index >= 15 is 0 Å². The normalized spacial score (nSPS) is 13.7. The van der Waals surface area contributed by atoms with Crippen LogP contribution in [0.2, 0.25) is 0 Å². The molecule has 40 heavy (non-hydrogen) atoms. The molecule has 6 rings (SSSR count). The number of hydrogen-bond donors (Lipinski definition) is 0. The summed E-state index contributed by atoms with van der Waals surface area (Å²) < 4.78 is 50.5. The van der Waals surface area contributed by atoms with Crippen LogP contribution in [0.15, 0.2) is 61.2 Å². The zero-order valence-electron chi connectivity index (χ0n) is 22.0. The van der Waals surface area contributed by atoms with Crippen LogP contribution >= 0.6 is 0 Å². The van der Waals surface area contributed by atoms with E-state index in [1.54, 1.807) is 42.7 Å². The number of methoxy groups -OCH3 is 1. The van der Waals surface area contributed by atoms with E-state index < -0.39 is 11.9 Å². The highest BCUT2D eigenvalue weighted by Crippen LogP contribution is 2.41. The molecule has 0 unspecified atom stereocenters. The second-order valence-corrected chi connectivity index (χ2v) is 9.76. The topological polar surface area (TPSA) is 78.1 Å². The lowest BCUT2D eigenvalue weighted by molar-refractivity contribution is -0.140. The standard InChI is InChI=1S/C29H25F3N6O2/c1-17-33-8-10-37(17)15-18-11-21(24-16-36(2)35-27(24)29(30,31)32)20-7-9-38(28(39)22(20)12-18)26-6-4-5-25-23(26)13-19(40-3)14-34-25/h4-6,8,10-14,16H,7,9,15H2,1-3H3. The number of imidazole rings is 1. The van der Waals surface area contributed by atoms with E-state index in [0.29, 0.717) is 52.2 Å². The Labute approximate surface area is 227 Å². The molecule has 11 heteroatoms. The van der Waals surface area contributed by atoms with Crippen molar-refractivity contribution < 1.29 is 22.7 Å². The molecule has 4 heterocycles. The zero-order chi connectivity index (χ0) is 28.2. The molecule has 1 aliphatic heterocycles. The molecule has 0 bridgehead atoms. The van der Waals surface area contributed by atoms with E-state index in [2.05, 4.69) is 15.1 Å². The number of alkyl halides is 3. The zero-order valence-corrected chi connectivity index (χ0v) is 22.0. The van der Waals surface area contributed by atoms with Gasteiger partial charge in [0.05, 0.1) is 24.5 Å². The van der Waals surface area contributed by atoms with Crippen molar-refractivity contribution in [1.82, 2.24) is 24.3 Å². The van der Waals surface area contributed by atoms with Crippen molar-refractivity contribution in [3.8, 4) is 16.9 Å². The molecule has 0 fully saturated rings. The van der Waals surface area contributed by atoms with Gasteiger partial charge in [0.15, 0.2) is 5.69 Å². The summed E-state index contributed by atoms with van der Waals surface area (Å²) in [6.07, 6.45) is 2.14. The molecule has 0 saturated heterocycles. The molecular formula is C29H25F3N6O2. The molecule has 1 aliphatic rings. The van der Waals surface area contributed by atoms with E-state index in [4.69, 9.17) is 4.74 Å². The van der Waals surface area contributed by atoms with Crippen LogP contribution < -0.4 is 9.64 Å². The Bertz CT molecular complexity index is 1770. The van der Waals surface area contributed by atoms with Crippen LogP contribution in [0.5, 0.6) is 5.75 Å². The van der Waals surface area contributed by atoms with Gasteiger partial charge in [-0.2, -0.15) is 18.3 Å². The largest absolute Gasteiger partial charge is 0.495 e.